The molecule has 0 unspecified atom stereocenters. The Morgan fingerprint density at radius 3 is 2.55 bits per heavy atom. The van der Waals surface area contributed by atoms with Crippen molar-refractivity contribution >= 4 is 5.78 Å². The van der Waals surface area contributed by atoms with Crippen molar-refractivity contribution in [3.63, 3.8) is 0 Å². The van der Waals surface area contributed by atoms with Gasteiger partial charge >= 0.3 is 0 Å². The van der Waals surface area contributed by atoms with Gasteiger partial charge in [0.15, 0.2) is 5.78 Å². The second kappa shape index (κ2) is 12.0. The standard InChI is InChI=1S/C46H64N2O5/c1-43(2,16-18-48-19-17-47-24-48)40-29-10-6-5-9-27(29)28-11-7-8-25-20-30(41(51)38(40)37(25)28)31-14-15-46(53)34-22-35(49)33-21-36(50)42(52)32-13-12-26(23-44(31,46)3)39(34)45(32,33)4/h17,19,22,24-27,30-33,36,38-39,41-42,50-53H,5-16,18,20-21,23H2,1-4H3/t25-,26-,27+,30+,31-,32-,33+,36-,38-,39+,41+,42+,44-,45+,46-/m1/s1. The summed E-state index contributed by atoms with van der Waals surface area (Å²) < 4.78 is 2.20. The number of hydrogen-bond acceptors (Lipinski definition) is 6. The number of aromatic nitrogens is 2. The average Bonchev–Trinajstić information content (AvgIpc) is 3.75. The summed E-state index contributed by atoms with van der Waals surface area (Å²) >= 11 is 0. The second-order valence-corrected chi connectivity index (χ2v) is 20.9. The Kier molecular flexibility index (Phi) is 7.99. The topological polar surface area (TPSA) is 116 Å². The zero-order valence-electron chi connectivity index (χ0n) is 32.6. The molecule has 1 heterocycles. The molecule has 0 spiro atoms. The zero-order valence-corrected chi connectivity index (χ0v) is 32.6. The lowest BCUT2D eigenvalue weighted by molar-refractivity contribution is -0.205. The van der Waals surface area contributed by atoms with Gasteiger partial charge in [0.1, 0.15) is 0 Å². The maximum Gasteiger partial charge on any atom is 0.159 e. The lowest BCUT2D eigenvalue weighted by Crippen LogP contribution is -2.68. The van der Waals surface area contributed by atoms with Crippen LogP contribution in [0.5, 0.6) is 0 Å². The highest BCUT2D eigenvalue weighted by atomic mass is 16.3. The number of carbonyl (C=O) groups is 1. The van der Waals surface area contributed by atoms with Crippen LogP contribution in [0, 0.1) is 69.5 Å². The van der Waals surface area contributed by atoms with E-state index in [-0.39, 0.29) is 46.7 Å². The Bertz CT molecular complexity index is 1770. The SMILES string of the molecule is CC(C)(CCn1ccnc1)C1=C2CCCC[C@H]2C2=C3[C@H](CCC2)C[C@@H]([C@H]2CC[C@@]4(O)C5=CC(=O)[C@@H]6C[C@@H](O)[C@@H](O)[C@H]7CC[C@H](C[C@]24C)[C@@H]5[C@@]76C)[C@H](O)[C@H]31. The van der Waals surface area contributed by atoms with Gasteiger partial charge in [-0.2, -0.15) is 0 Å². The molecule has 6 saturated carbocycles. The predicted octanol–water partition coefficient (Wildman–Crippen LogP) is 7.34. The quantitative estimate of drug-likeness (QED) is 0.236. The molecule has 288 valence electrons. The van der Waals surface area contributed by atoms with Crippen LogP contribution in [0.1, 0.15) is 124 Å². The molecule has 0 amide bonds. The molecule has 0 radical (unpaired) electrons. The second-order valence-electron chi connectivity index (χ2n) is 20.9. The first-order valence-electron chi connectivity index (χ1n) is 21.7. The largest absolute Gasteiger partial charge is 0.392 e. The van der Waals surface area contributed by atoms with E-state index in [1.807, 2.05) is 18.6 Å². The van der Waals surface area contributed by atoms with E-state index in [2.05, 4.69) is 43.4 Å². The van der Waals surface area contributed by atoms with Gasteiger partial charge < -0.3 is 25.0 Å². The van der Waals surface area contributed by atoms with E-state index in [1.165, 1.54) is 38.5 Å². The van der Waals surface area contributed by atoms with Crippen LogP contribution < -0.4 is 0 Å². The Balaban J connectivity index is 1.04. The number of allylic oxidation sites excluding steroid dienone is 3. The summed E-state index contributed by atoms with van der Waals surface area (Å²) in [7, 11) is 0. The van der Waals surface area contributed by atoms with Gasteiger partial charge in [0.2, 0.25) is 0 Å². The summed E-state index contributed by atoms with van der Waals surface area (Å²) in [5, 5.41) is 48.7. The third-order valence-electron chi connectivity index (χ3n) is 18.5. The highest BCUT2D eigenvalue weighted by molar-refractivity contribution is 5.95. The average molecular weight is 725 g/mol. The van der Waals surface area contributed by atoms with Crippen molar-refractivity contribution < 1.29 is 25.2 Å². The van der Waals surface area contributed by atoms with Crippen LogP contribution in [-0.4, -0.2) is 59.7 Å². The molecular formula is C46H64N2O5. The van der Waals surface area contributed by atoms with Crippen molar-refractivity contribution in [2.75, 3.05) is 0 Å². The molecule has 1 aromatic rings. The number of imidazole rings is 1. The number of hydrogen-bond donors (Lipinski definition) is 4. The summed E-state index contributed by atoms with van der Waals surface area (Å²) in [6, 6.07) is 0. The van der Waals surface area contributed by atoms with E-state index in [9.17, 15) is 25.2 Å². The van der Waals surface area contributed by atoms with Gasteiger partial charge in [0.25, 0.3) is 0 Å². The molecule has 53 heavy (non-hydrogen) atoms. The fraction of sp³-hybridized carbons (Fsp3) is 0.783. The van der Waals surface area contributed by atoms with Gasteiger partial charge in [-0.25, -0.2) is 4.98 Å². The van der Waals surface area contributed by atoms with Crippen molar-refractivity contribution in [3.8, 4) is 0 Å². The monoisotopic (exact) mass is 724 g/mol. The van der Waals surface area contributed by atoms with Crippen molar-refractivity contribution in [2.45, 2.75) is 154 Å². The smallest absolute Gasteiger partial charge is 0.159 e. The molecule has 9 aliphatic carbocycles. The molecule has 10 rings (SSSR count). The van der Waals surface area contributed by atoms with Crippen LogP contribution >= 0.6 is 0 Å². The molecule has 0 saturated heterocycles. The maximum absolute atomic E-state index is 14.1. The van der Waals surface area contributed by atoms with Gasteiger partial charge in [-0.1, -0.05) is 56.4 Å². The number of carbonyl (C=O) groups excluding carboxylic acids is 1. The normalized spacial score (nSPS) is 48.8. The molecular weight excluding hydrogens is 661 g/mol. The lowest BCUT2D eigenvalue weighted by atomic mass is 9.38. The predicted molar refractivity (Wildman–Crippen MR) is 203 cm³/mol. The highest BCUT2D eigenvalue weighted by Gasteiger charge is 2.72. The Labute approximate surface area is 316 Å². The minimum Gasteiger partial charge on any atom is -0.392 e. The number of aliphatic hydroxyl groups excluding tert-OH is 3. The van der Waals surface area contributed by atoms with E-state index in [0.29, 0.717) is 30.6 Å². The number of aryl methyl sites for hydroxylation is 1. The molecule has 15 atom stereocenters. The van der Waals surface area contributed by atoms with Crippen LogP contribution in [0.3, 0.4) is 0 Å². The van der Waals surface area contributed by atoms with Crippen molar-refractivity contribution in [1.29, 1.82) is 0 Å². The molecule has 0 aliphatic heterocycles. The van der Waals surface area contributed by atoms with Gasteiger partial charge in [0, 0.05) is 42.1 Å². The fourth-order valence-corrected chi connectivity index (χ4v) is 16.3. The Hall–Kier alpha value is -2.06. The molecule has 9 aliphatic rings. The summed E-state index contributed by atoms with van der Waals surface area (Å²) in [5.41, 5.74) is 5.41. The van der Waals surface area contributed by atoms with Crippen molar-refractivity contribution in [3.05, 3.63) is 52.7 Å². The number of rotatable bonds is 5. The minimum absolute atomic E-state index is 0.0390. The summed E-state index contributed by atoms with van der Waals surface area (Å²) in [4.78, 5) is 18.4. The molecule has 0 aromatic carbocycles. The number of ketones is 1. The molecule has 1 aromatic heterocycles. The number of aliphatic hydroxyl groups is 4. The zero-order chi connectivity index (χ0) is 36.8. The van der Waals surface area contributed by atoms with Crippen LogP contribution in [0.25, 0.3) is 0 Å². The first-order chi connectivity index (χ1) is 25.3. The van der Waals surface area contributed by atoms with Crippen molar-refractivity contribution in [1.82, 2.24) is 9.55 Å². The third kappa shape index (κ3) is 4.66. The molecule has 7 heteroatoms. The van der Waals surface area contributed by atoms with Crippen LogP contribution in [0.4, 0.5) is 0 Å². The van der Waals surface area contributed by atoms with Gasteiger partial charge in [-0.3, -0.25) is 4.79 Å². The first-order valence-corrected chi connectivity index (χ1v) is 21.7. The van der Waals surface area contributed by atoms with E-state index in [1.54, 1.807) is 22.3 Å². The maximum atomic E-state index is 14.1. The lowest BCUT2D eigenvalue weighted by Gasteiger charge is -2.67. The minimum atomic E-state index is -1.11. The number of fused-ring (bicyclic) bond motifs is 4. The highest BCUT2D eigenvalue weighted by Crippen LogP contribution is 2.74. The molecule has 4 N–H and O–H groups in total. The van der Waals surface area contributed by atoms with E-state index < -0.39 is 34.7 Å². The summed E-state index contributed by atoms with van der Waals surface area (Å²) in [5.74, 6) is 1.33. The first kappa shape index (κ1) is 35.4. The van der Waals surface area contributed by atoms with Crippen LogP contribution in [-0.2, 0) is 11.3 Å². The third-order valence-corrected chi connectivity index (χ3v) is 18.5. The van der Waals surface area contributed by atoms with Crippen LogP contribution in [0.15, 0.2) is 52.7 Å². The van der Waals surface area contributed by atoms with Gasteiger partial charge in [-0.15, -0.1) is 0 Å². The molecule has 7 nitrogen and oxygen atoms in total. The fourth-order valence-electron chi connectivity index (χ4n) is 16.3. The van der Waals surface area contributed by atoms with E-state index >= 15 is 0 Å². The molecule has 6 fully saturated rings. The Morgan fingerprint density at radius 2 is 1.75 bits per heavy atom. The van der Waals surface area contributed by atoms with Crippen molar-refractivity contribution in [2.24, 2.45) is 69.5 Å². The summed E-state index contributed by atoms with van der Waals surface area (Å²) in [6.07, 6.45) is 20.6. The van der Waals surface area contributed by atoms with Gasteiger partial charge in [-0.05, 0) is 148 Å². The van der Waals surface area contributed by atoms with E-state index in [4.69, 9.17) is 0 Å². The van der Waals surface area contributed by atoms with E-state index in [0.717, 1.165) is 57.1 Å². The number of nitrogens with zero attached hydrogens (tertiary/aromatic N) is 2. The van der Waals surface area contributed by atoms with Gasteiger partial charge in [0.05, 0.1) is 30.2 Å². The summed E-state index contributed by atoms with van der Waals surface area (Å²) in [6.45, 7) is 10.4. The molecule has 0 bridgehead atoms. The Morgan fingerprint density at radius 1 is 0.943 bits per heavy atom. The van der Waals surface area contributed by atoms with Crippen LogP contribution in [0.2, 0.25) is 0 Å².